The number of carbonyl (C=O) groups excluding carboxylic acids is 2. The minimum atomic E-state index is -3.56. The van der Waals surface area contributed by atoms with Gasteiger partial charge >= 0.3 is 0 Å². The summed E-state index contributed by atoms with van der Waals surface area (Å²) in [5, 5.41) is -0.0723. The predicted molar refractivity (Wildman–Crippen MR) is 105 cm³/mol. The van der Waals surface area contributed by atoms with Crippen molar-refractivity contribution >= 4 is 39.1 Å². The third-order valence-corrected chi connectivity index (χ3v) is 7.73. The van der Waals surface area contributed by atoms with Crippen molar-refractivity contribution in [1.29, 1.82) is 0 Å². The number of halogens is 1. The first-order valence-electron chi connectivity index (χ1n) is 9.55. The van der Waals surface area contributed by atoms with E-state index in [2.05, 4.69) is 0 Å². The van der Waals surface area contributed by atoms with Gasteiger partial charge in [-0.15, -0.1) is 0 Å². The Balaban J connectivity index is 1.58. The summed E-state index contributed by atoms with van der Waals surface area (Å²) in [6.07, 6.45) is 4.67. The molecule has 0 atom stereocenters. The lowest BCUT2D eigenvalue weighted by Crippen LogP contribution is -2.36. The van der Waals surface area contributed by atoms with Gasteiger partial charge in [0.2, 0.25) is 10.0 Å². The smallest absolute Gasteiger partial charge is 0.283 e. The standard InChI is InChI=1S/C19H22ClN3O4S/c20-16-17(21-10-4-5-11-21)19(25)23(18(16)24)14-6-8-15(9-7-14)28(26,27)22-12-2-1-3-13-22/h6-9H,1-5,10-13H2. The highest BCUT2D eigenvalue weighted by Gasteiger charge is 2.42. The topological polar surface area (TPSA) is 78.0 Å². The van der Waals surface area contributed by atoms with Crippen LogP contribution >= 0.6 is 11.6 Å². The molecule has 9 heteroatoms. The van der Waals surface area contributed by atoms with Gasteiger partial charge in [-0.3, -0.25) is 9.59 Å². The summed E-state index contributed by atoms with van der Waals surface area (Å²) in [6, 6.07) is 5.87. The predicted octanol–water partition coefficient (Wildman–Crippen LogP) is 2.28. The SMILES string of the molecule is O=C1C(Cl)=C(N2CCCC2)C(=O)N1c1ccc(S(=O)(=O)N2CCCCC2)cc1. The molecule has 0 bridgehead atoms. The van der Waals surface area contributed by atoms with Crippen LogP contribution < -0.4 is 4.90 Å². The average molecular weight is 424 g/mol. The summed E-state index contributed by atoms with van der Waals surface area (Å²) in [5.74, 6) is -1.02. The number of nitrogens with zero attached hydrogens (tertiary/aromatic N) is 3. The molecule has 0 radical (unpaired) electrons. The van der Waals surface area contributed by atoms with E-state index in [9.17, 15) is 18.0 Å². The second-order valence-corrected chi connectivity index (χ2v) is 9.58. The van der Waals surface area contributed by atoms with Crippen molar-refractivity contribution < 1.29 is 18.0 Å². The molecule has 28 heavy (non-hydrogen) atoms. The fourth-order valence-corrected chi connectivity index (χ4v) is 5.76. The fourth-order valence-electron chi connectivity index (χ4n) is 3.96. The largest absolute Gasteiger partial charge is 0.366 e. The molecule has 0 saturated carbocycles. The van der Waals surface area contributed by atoms with Gasteiger partial charge in [0.15, 0.2) is 0 Å². The zero-order valence-electron chi connectivity index (χ0n) is 15.4. The first-order chi connectivity index (χ1) is 13.4. The third-order valence-electron chi connectivity index (χ3n) is 5.47. The zero-order valence-corrected chi connectivity index (χ0v) is 17.0. The molecule has 3 aliphatic rings. The van der Waals surface area contributed by atoms with E-state index in [1.54, 1.807) is 0 Å². The van der Waals surface area contributed by atoms with Crippen molar-refractivity contribution in [3.8, 4) is 0 Å². The molecule has 150 valence electrons. The van der Waals surface area contributed by atoms with Gasteiger partial charge < -0.3 is 4.90 Å². The number of anilines is 1. The second-order valence-electron chi connectivity index (χ2n) is 7.26. The number of carbonyl (C=O) groups is 2. The number of piperidine rings is 1. The highest BCUT2D eigenvalue weighted by atomic mass is 35.5. The first-order valence-corrected chi connectivity index (χ1v) is 11.4. The fraction of sp³-hybridized carbons (Fsp3) is 0.474. The Kier molecular flexibility index (Phi) is 5.20. The Morgan fingerprint density at radius 3 is 1.96 bits per heavy atom. The Hall–Kier alpha value is -1.90. The number of rotatable bonds is 4. The number of imide groups is 1. The summed E-state index contributed by atoms with van der Waals surface area (Å²) >= 11 is 6.18. The highest BCUT2D eigenvalue weighted by molar-refractivity contribution is 7.89. The van der Waals surface area contributed by atoms with Crippen LogP contribution in [-0.4, -0.2) is 55.6 Å². The van der Waals surface area contributed by atoms with E-state index in [1.807, 2.05) is 4.90 Å². The van der Waals surface area contributed by atoms with Crippen molar-refractivity contribution in [2.24, 2.45) is 0 Å². The number of hydrogen-bond acceptors (Lipinski definition) is 5. The van der Waals surface area contributed by atoms with Crippen LogP contribution in [0.4, 0.5) is 5.69 Å². The summed E-state index contributed by atoms with van der Waals surface area (Å²) in [4.78, 5) is 28.4. The van der Waals surface area contributed by atoms with Crippen LogP contribution in [0, 0.1) is 0 Å². The van der Waals surface area contributed by atoms with Gasteiger partial charge in [0.1, 0.15) is 10.7 Å². The number of likely N-dealkylation sites (tertiary alicyclic amines) is 1. The zero-order chi connectivity index (χ0) is 19.9. The maximum absolute atomic E-state index is 12.8. The van der Waals surface area contributed by atoms with Gasteiger partial charge in [0, 0.05) is 26.2 Å². The van der Waals surface area contributed by atoms with Crippen LogP contribution in [0.2, 0.25) is 0 Å². The normalized spacial score (nSPS) is 21.9. The van der Waals surface area contributed by atoms with Gasteiger partial charge in [-0.25, -0.2) is 13.3 Å². The quantitative estimate of drug-likeness (QED) is 0.694. The molecule has 4 rings (SSSR count). The molecule has 0 aliphatic carbocycles. The summed E-state index contributed by atoms with van der Waals surface area (Å²) in [7, 11) is -3.56. The number of benzene rings is 1. The average Bonchev–Trinajstić information content (AvgIpc) is 3.30. The van der Waals surface area contributed by atoms with Crippen LogP contribution in [0.25, 0.3) is 0 Å². The van der Waals surface area contributed by atoms with E-state index in [4.69, 9.17) is 11.6 Å². The minimum Gasteiger partial charge on any atom is -0.366 e. The molecule has 0 aromatic heterocycles. The molecule has 2 fully saturated rings. The lowest BCUT2D eigenvalue weighted by molar-refractivity contribution is -0.121. The Morgan fingerprint density at radius 1 is 0.786 bits per heavy atom. The van der Waals surface area contributed by atoms with E-state index in [1.165, 1.54) is 28.6 Å². The van der Waals surface area contributed by atoms with Crippen molar-refractivity contribution in [3.63, 3.8) is 0 Å². The Morgan fingerprint density at radius 2 is 1.36 bits per heavy atom. The number of amides is 2. The molecule has 3 heterocycles. The summed E-state index contributed by atoms with van der Waals surface area (Å²) in [6.45, 7) is 2.44. The molecule has 2 saturated heterocycles. The lowest BCUT2D eigenvalue weighted by Gasteiger charge is -2.26. The van der Waals surface area contributed by atoms with Crippen LogP contribution in [0.1, 0.15) is 32.1 Å². The second kappa shape index (κ2) is 7.50. The summed E-state index contributed by atoms with van der Waals surface area (Å²) < 4.78 is 27.0. The Bertz CT molecular complexity index is 930. The molecule has 0 spiro atoms. The molecule has 0 N–H and O–H groups in total. The van der Waals surface area contributed by atoms with E-state index >= 15 is 0 Å². The highest BCUT2D eigenvalue weighted by Crippen LogP contribution is 2.33. The van der Waals surface area contributed by atoms with E-state index in [0.29, 0.717) is 31.9 Å². The molecule has 0 unspecified atom stereocenters. The molecule has 1 aromatic carbocycles. The van der Waals surface area contributed by atoms with Crippen LogP contribution in [-0.2, 0) is 19.6 Å². The van der Waals surface area contributed by atoms with E-state index in [0.717, 1.165) is 37.0 Å². The lowest BCUT2D eigenvalue weighted by atomic mass is 10.2. The maximum atomic E-state index is 12.8. The van der Waals surface area contributed by atoms with Gasteiger partial charge in [0.05, 0.1) is 10.6 Å². The van der Waals surface area contributed by atoms with Crippen molar-refractivity contribution in [3.05, 3.63) is 35.0 Å². The molecule has 2 amide bonds. The summed E-state index contributed by atoms with van der Waals surface area (Å²) in [5.41, 5.74) is 0.564. The third kappa shape index (κ3) is 3.23. The van der Waals surface area contributed by atoms with E-state index < -0.39 is 21.8 Å². The van der Waals surface area contributed by atoms with Gasteiger partial charge in [-0.05, 0) is 49.9 Å². The van der Waals surface area contributed by atoms with Gasteiger partial charge in [-0.2, -0.15) is 4.31 Å². The monoisotopic (exact) mass is 423 g/mol. The maximum Gasteiger partial charge on any atom is 0.283 e. The molecule has 1 aromatic rings. The van der Waals surface area contributed by atoms with Crippen molar-refractivity contribution in [2.75, 3.05) is 31.1 Å². The van der Waals surface area contributed by atoms with Crippen molar-refractivity contribution in [1.82, 2.24) is 9.21 Å². The Labute approximate surface area is 169 Å². The van der Waals surface area contributed by atoms with Crippen LogP contribution in [0.3, 0.4) is 0 Å². The molecular weight excluding hydrogens is 402 g/mol. The van der Waals surface area contributed by atoms with Crippen LogP contribution in [0.5, 0.6) is 0 Å². The molecule has 7 nitrogen and oxygen atoms in total. The first kappa shape index (κ1) is 19.4. The van der Waals surface area contributed by atoms with Crippen LogP contribution in [0.15, 0.2) is 39.9 Å². The van der Waals surface area contributed by atoms with Gasteiger partial charge in [0.25, 0.3) is 11.8 Å². The molecular formula is C19H22ClN3O4S. The van der Waals surface area contributed by atoms with Crippen molar-refractivity contribution in [2.45, 2.75) is 37.0 Å². The van der Waals surface area contributed by atoms with Gasteiger partial charge in [-0.1, -0.05) is 18.0 Å². The number of hydrogen-bond donors (Lipinski definition) is 0. The minimum absolute atomic E-state index is 0.0723. The van der Waals surface area contributed by atoms with E-state index in [-0.39, 0.29) is 15.6 Å². The molecule has 3 aliphatic heterocycles. The number of sulfonamides is 1.